The highest BCUT2D eigenvalue weighted by atomic mass is 16.6. The molecule has 0 bridgehead atoms. The molecule has 1 aromatic heterocycles. The maximum atomic E-state index is 12.1. The van der Waals surface area contributed by atoms with Crippen LogP contribution >= 0.6 is 0 Å². The molecule has 0 saturated heterocycles. The molecule has 10 heteroatoms. The molecule has 0 aliphatic heterocycles. The van der Waals surface area contributed by atoms with Crippen LogP contribution in [0.15, 0.2) is 30.5 Å². The summed E-state index contributed by atoms with van der Waals surface area (Å²) in [5, 5.41) is 10.9. The van der Waals surface area contributed by atoms with Crippen molar-refractivity contribution >= 4 is 29.3 Å². The van der Waals surface area contributed by atoms with Gasteiger partial charge in [-0.3, -0.25) is 14.5 Å². The molecule has 0 atom stereocenters. The molecule has 142 valence electrons. The summed E-state index contributed by atoms with van der Waals surface area (Å²) < 4.78 is 6.47. The number of ether oxygens (including phenoxy) is 1. The fraction of sp³-hybridized carbons (Fsp3) is 0.294. The fourth-order valence-corrected chi connectivity index (χ4v) is 2.52. The third-order valence-electron chi connectivity index (χ3n) is 3.76. The average molecular weight is 374 g/mol. The summed E-state index contributed by atoms with van der Waals surface area (Å²) in [7, 11) is 0. The van der Waals surface area contributed by atoms with Gasteiger partial charge in [0.1, 0.15) is 19.3 Å². The van der Waals surface area contributed by atoms with Crippen LogP contribution in [0.25, 0.3) is 0 Å². The fourth-order valence-electron chi connectivity index (χ4n) is 2.52. The van der Waals surface area contributed by atoms with Crippen LogP contribution in [-0.2, 0) is 20.9 Å². The summed E-state index contributed by atoms with van der Waals surface area (Å²) in [6.45, 7) is 4.16. The summed E-state index contributed by atoms with van der Waals surface area (Å²) in [6, 6.07) is 5.79. The lowest BCUT2D eigenvalue weighted by Gasteiger charge is -2.17. The van der Waals surface area contributed by atoms with Crippen molar-refractivity contribution in [3.63, 3.8) is 0 Å². The summed E-state index contributed by atoms with van der Waals surface area (Å²) >= 11 is 0. The van der Waals surface area contributed by atoms with Gasteiger partial charge in [0.05, 0.1) is 11.3 Å². The zero-order valence-electron chi connectivity index (χ0n) is 15.0. The number of hydrogen-bond donors (Lipinski definition) is 0. The number of anilines is 1. The first kappa shape index (κ1) is 19.8. The van der Waals surface area contributed by atoms with E-state index in [1.165, 1.54) is 42.7 Å². The number of nitrogens with zero attached hydrogens (tertiary/aromatic N) is 4. The van der Waals surface area contributed by atoms with Crippen LogP contribution < -0.4 is 4.90 Å². The first-order valence-corrected chi connectivity index (χ1v) is 7.97. The molecule has 1 aromatic carbocycles. The lowest BCUT2D eigenvalue weighted by molar-refractivity contribution is -0.392. The van der Waals surface area contributed by atoms with Crippen LogP contribution in [-0.4, -0.2) is 38.9 Å². The lowest BCUT2D eigenvalue weighted by atomic mass is 10.2. The highest BCUT2D eigenvalue weighted by Crippen LogP contribution is 2.17. The normalized spacial score (nSPS) is 10.3. The minimum atomic E-state index is -0.626. The molecule has 10 nitrogen and oxygen atoms in total. The van der Waals surface area contributed by atoms with E-state index in [1.807, 2.05) is 0 Å². The Morgan fingerprint density at radius 1 is 1.19 bits per heavy atom. The number of nitro groups is 1. The summed E-state index contributed by atoms with van der Waals surface area (Å²) in [6.07, 6.45) is 1.14. The van der Waals surface area contributed by atoms with Crippen LogP contribution in [0.4, 0.5) is 11.5 Å². The second-order valence-electron chi connectivity index (χ2n) is 5.63. The molecule has 2 rings (SSSR count). The molecule has 2 amide bonds. The Morgan fingerprint density at radius 2 is 1.78 bits per heavy atom. The van der Waals surface area contributed by atoms with Gasteiger partial charge < -0.3 is 14.9 Å². The Hall–Kier alpha value is -3.56. The number of imide groups is 1. The monoisotopic (exact) mass is 374 g/mol. The van der Waals surface area contributed by atoms with Crippen LogP contribution in [0.1, 0.15) is 30.0 Å². The van der Waals surface area contributed by atoms with Crippen molar-refractivity contribution < 1.29 is 24.0 Å². The Balaban J connectivity index is 2.01. The van der Waals surface area contributed by atoms with Gasteiger partial charge in [-0.25, -0.2) is 14.3 Å². The van der Waals surface area contributed by atoms with Crippen molar-refractivity contribution in [3.8, 4) is 0 Å². The number of rotatable bonds is 6. The molecule has 0 saturated carbocycles. The zero-order valence-corrected chi connectivity index (χ0v) is 15.0. The van der Waals surface area contributed by atoms with Gasteiger partial charge in [-0.05, 0) is 29.2 Å². The van der Waals surface area contributed by atoms with Crippen molar-refractivity contribution in [2.24, 2.45) is 0 Å². The van der Waals surface area contributed by atoms with Crippen LogP contribution in [0.5, 0.6) is 0 Å². The molecule has 0 spiro atoms. The number of benzene rings is 1. The third kappa shape index (κ3) is 4.54. The van der Waals surface area contributed by atoms with Gasteiger partial charge in [-0.15, -0.1) is 0 Å². The van der Waals surface area contributed by atoms with E-state index in [4.69, 9.17) is 4.74 Å². The molecular weight excluding hydrogens is 356 g/mol. The molecule has 27 heavy (non-hydrogen) atoms. The Kier molecular flexibility index (Phi) is 6.01. The van der Waals surface area contributed by atoms with E-state index in [0.29, 0.717) is 11.5 Å². The van der Waals surface area contributed by atoms with Crippen LogP contribution in [0.3, 0.4) is 0 Å². The van der Waals surface area contributed by atoms with E-state index in [-0.39, 0.29) is 24.5 Å². The molecule has 0 radical (unpaired) electrons. The number of imidazole rings is 1. The van der Waals surface area contributed by atoms with Crippen molar-refractivity contribution in [2.45, 2.75) is 27.3 Å². The molecule has 0 unspecified atom stereocenters. The predicted molar refractivity (Wildman–Crippen MR) is 94.2 cm³/mol. The Morgan fingerprint density at radius 3 is 2.30 bits per heavy atom. The number of carbonyl (C=O) groups excluding carboxylic acids is 3. The molecule has 1 heterocycles. The maximum Gasteiger partial charge on any atom is 0.342 e. The van der Waals surface area contributed by atoms with Gasteiger partial charge in [0.2, 0.25) is 11.8 Å². The molecule has 0 fully saturated rings. The standard InChI is InChI=1S/C17H18N4O6/c1-11-18-10-16(21(25)26)19(11)8-9-27-17(24)14-4-6-15(7-5-14)20(12(2)22)13(3)23/h4-7,10H,8-9H2,1-3H3. The van der Waals surface area contributed by atoms with Crippen molar-refractivity contribution in [2.75, 3.05) is 11.5 Å². The second kappa shape index (κ2) is 8.21. The molecular formula is C17H18N4O6. The van der Waals surface area contributed by atoms with E-state index in [9.17, 15) is 24.5 Å². The number of aryl methyl sites for hydroxylation is 1. The summed E-state index contributed by atoms with van der Waals surface area (Å²) in [5.74, 6) is -1.23. The lowest BCUT2D eigenvalue weighted by Crippen LogP contribution is -2.33. The van der Waals surface area contributed by atoms with Crippen LogP contribution in [0.2, 0.25) is 0 Å². The smallest absolute Gasteiger partial charge is 0.342 e. The average Bonchev–Trinajstić information content (AvgIpc) is 2.96. The van der Waals surface area contributed by atoms with Gasteiger partial charge in [-0.1, -0.05) is 0 Å². The van der Waals surface area contributed by atoms with Crippen molar-refractivity contribution in [3.05, 3.63) is 52.0 Å². The maximum absolute atomic E-state index is 12.1. The zero-order chi connectivity index (χ0) is 20.1. The van der Waals surface area contributed by atoms with Gasteiger partial charge in [0, 0.05) is 20.8 Å². The molecule has 0 aliphatic carbocycles. The number of hydrogen-bond acceptors (Lipinski definition) is 7. The first-order valence-electron chi connectivity index (χ1n) is 7.97. The van der Waals surface area contributed by atoms with E-state index < -0.39 is 22.7 Å². The SMILES string of the molecule is CC(=O)N(C(C)=O)c1ccc(C(=O)OCCn2c([N+](=O)[O-])cnc2C)cc1. The first-order chi connectivity index (χ1) is 12.7. The minimum absolute atomic E-state index is 0.0777. The Bertz CT molecular complexity index is 873. The summed E-state index contributed by atoms with van der Waals surface area (Å²) in [4.78, 5) is 50.4. The second-order valence-corrected chi connectivity index (χ2v) is 5.63. The van der Waals surface area contributed by atoms with E-state index in [1.54, 1.807) is 6.92 Å². The molecule has 0 N–H and O–H groups in total. The third-order valence-corrected chi connectivity index (χ3v) is 3.76. The Labute approximate surface area is 154 Å². The largest absolute Gasteiger partial charge is 0.458 e. The quantitative estimate of drug-likeness (QED) is 0.429. The predicted octanol–water partition coefficient (Wildman–Crippen LogP) is 1.86. The number of amides is 2. The highest BCUT2D eigenvalue weighted by molar-refractivity contribution is 6.13. The van der Waals surface area contributed by atoms with Gasteiger partial charge >= 0.3 is 11.8 Å². The van der Waals surface area contributed by atoms with E-state index >= 15 is 0 Å². The van der Waals surface area contributed by atoms with Crippen LogP contribution in [0, 0.1) is 17.0 Å². The van der Waals surface area contributed by atoms with Gasteiger partial charge in [-0.2, -0.15) is 0 Å². The van der Waals surface area contributed by atoms with Gasteiger partial charge in [0.25, 0.3) is 0 Å². The number of carbonyl (C=O) groups is 3. The number of esters is 1. The van der Waals surface area contributed by atoms with Crippen molar-refractivity contribution in [1.29, 1.82) is 0 Å². The van der Waals surface area contributed by atoms with E-state index in [2.05, 4.69) is 4.98 Å². The summed E-state index contributed by atoms with van der Waals surface area (Å²) in [5.41, 5.74) is 0.568. The van der Waals surface area contributed by atoms with E-state index in [0.717, 1.165) is 11.1 Å². The van der Waals surface area contributed by atoms with Gasteiger partial charge in [0.15, 0.2) is 5.82 Å². The minimum Gasteiger partial charge on any atom is -0.458 e. The topological polar surface area (TPSA) is 125 Å². The molecule has 0 aliphatic rings. The highest BCUT2D eigenvalue weighted by Gasteiger charge is 2.19. The van der Waals surface area contributed by atoms with Crippen molar-refractivity contribution in [1.82, 2.24) is 9.55 Å². The molecule has 2 aromatic rings. The number of aromatic nitrogens is 2.